The third-order valence-electron chi connectivity index (χ3n) is 2.64. The smallest absolute Gasteiger partial charge is 0.410 e. The van der Waals surface area contributed by atoms with Gasteiger partial charge in [-0.25, -0.2) is 4.79 Å². The van der Waals surface area contributed by atoms with Crippen molar-refractivity contribution in [2.24, 2.45) is 0 Å². The van der Waals surface area contributed by atoms with Crippen molar-refractivity contribution in [1.82, 2.24) is 9.47 Å². The topological polar surface area (TPSA) is 60.5 Å². The van der Waals surface area contributed by atoms with Crippen LogP contribution in [0.1, 0.15) is 33.6 Å². The Kier molecular flexibility index (Phi) is 5.27. The fourth-order valence-corrected chi connectivity index (χ4v) is 1.67. The zero-order valence-corrected chi connectivity index (χ0v) is 12.3. The molecule has 0 aliphatic rings. The molecule has 1 amide bonds. The molecule has 0 spiro atoms. The molecule has 5 nitrogen and oxygen atoms in total. The summed E-state index contributed by atoms with van der Waals surface area (Å²) in [4.78, 5) is 13.3. The van der Waals surface area contributed by atoms with Crippen LogP contribution in [0, 0.1) is 0 Å². The summed E-state index contributed by atoms with van der Waals surface area (Å²) in [5.41, 5.74) is 5.99. The predicted molar refractivity (Wildman–Crippen MR) is 76.9 cm³/mol. The molecule has 19 heavy (non-hydrogen) atoms. The van der Waals surface area contributed by atoms with Crippen molar-refractivity contribution >= 4 is 11.8 Å². The van der Waals surface area contributed by atoms with Gasteiger partial charge in [-0.2, -0.15) is 0 Å². The summed E-state index contributed by atoms with van der Waals surface area (Å²) in [5, 5.41) is 0. The second kappa shape index (κ2) is 6.50. The van der Waals surface area contributed by atoms with Gasteiger partial charge in [0.05, 0.1) is 0 Å². The number of carbonyl (C=O) groups is 1. The van der Waals surface area contributed by atoms with Crippen LogP contribution in [0.15, 0.2) is 18.5 Å². The molecule has 0 atom stereocenters. The minimum Gasteiger partial charge on any atom is -0.444 e. The Labute approximate surface area is 115 Å². The summed E-state index contributed by atoms with van der Waals surface area (Å²) in [7, 11) is 1.77. The van der Waals surface area contributed by atoms with E-state index < -0.39 is 5.60 Å². The SMILES string of the molecule is CN(CCCCn1ccc(N)c1)C(=O)OC(C)(C)C. The van der Waals surface area contributed by atoms with Gasteiger partial charge in [0.2, 0.25) is 0 Å². The van der Waals surface area contributed by atoms with Crippen LogP contribution in [0.3, 0.4) is 0 Å². The van der Waals surface area contributed by atoms with E-state index in [0.717, 1.165) is 25.1 Å². The average Bonchev–Trinajstić information content (AvgIpc) is 2.68. The van der Waals surface area contributed by atoms with Crippen molar-refractivity contribution in [1.29, 1.82) is 0 Å². The molecule has 0 fully saturated rings. The number of nitrogens with zero attached hydrogens (tertiary/aromatic N) is 2. The van der Waals surface area contributed by atoms with E-state index in [1.165, 1.54) is 0 Å². The Bertz CT molecular complexity index is 407. The molecule has 0 aliphatic carbocycles. The number of unbranched alkanes of at least 4 members (excludes halogenated alkanes) is 1. The minimum atomic E-state index is -0.436. The van der Waals surface area contributed by atoms with Gasteiger partial charge in [-0.3, -0.25) is 0 Å². The van der Waals surface area contributed by atoms with Crippen molar-refractivity contribution in [2.75, 3.05) is 19.3 Å². The van der Waals surface area contributed by atoms with E-state index in [1.54, 1.807) is 11.9 Å². The van der Waals surface area contributed by atoms with Gasteiger partial charge in [-0.05, 0) is 39.7 Å². The first kappa shape index (κ1) is 15.4. The highest BCUT2D eigenvalue weighted by atomic mass is 16.6. The fourth-order valence-electron chi connectivity index (χ4n) is 1.67. The Balaban J connectivity index is 2.20. The summed E-state index contributed by atoms with van der Waals surface area (Å²) in [6.45, 7) is 7.23. The van der Waals surface area contributed by atoms with E-state index in [4.69, 9.17) is 10.5 Å². The zero-order chi connectivity index (χ0) is 14.5. The normalized spacial score (nSPS) is 11.4. The third kappa shape index (κ3) is 6.18. The van der Waals surface area contributed by atoms with Gasteiger partial charge in [0, 0.05) is 38.2 Å². The lowest BCUT2D eigenvalue weighted by Gasteiger charge is -2.24. The molecule has 0 aliphatic heterocycles. The van der Waals surface area contributed by atoms with Crippen LogP contribution < -0.4 is 5.73 Å². The Morgan fingerprint density at radius 1 is 1.42 bits per heavy atom. The van der Waals surface area contributed by atoms with Crippen molar-refractivity contribution in [2.45, 2.75) is 45.8 Å². The molecule has 1 aromatic heterocycles. The minimum absolute atomic E-state index is 0.266. The number of carbonyl (C=O) groups excluding carboxylic acids is 1. The second-order valence-corrected chi connectivity index (χ2v) is 5.79. The summed E-state index contributed by atoms with van der Waals surface area (Å²) in [6.07, 6.45) is 5.55. The largest absolute Gasteiger partial charge is 0.444 e. The lowest BCUT2D eigenvalue weighted by molar-refractivity contribution is 0.0296. The molecule has 0 saturated heterocycles. The van der Waals surface area contributed by atoms with Crippen molar-refractivity contribution in [3.8, 4) is 0 Å². The summed E-state index contributed by atoms with van der Waals surface area (Å²) in [6, 6.07) is 1.88. The van der Waals surface area contributed by atoms with Crippen LogP contribution in [0.25, 0.3) is 0 Å². The molecule has 0 saturated carbocycles. The summed E-state index contributed by atoms with van der Waals surface area (Å²) in [5.74, 6) is 0. The summed E-state index contributed by atoms with van der Waals surface area (Å²) < 4.78 is 7.34. The molecular weight excluding hydrogens is 242 g/mol. The zero-order valence-electron chi connectivity index (χ0n) is 12.3. The number of ether oxygens (including phenoxy) is 1. The first-order chi connectivity index (χ1) is 8.78. The van der Waals surface area contributed by atoms with E-state index >= 15 is 0 Å². The maximum Gasteiger partial charge on any atom is 0.410 e. The molecule has 0 radical (unpaired) electrons. The van der Waals surface area contributed by atoms with Gasteiger partial charge in [0.25, 0.3) is 0 Å². The van der Waals surface area contributed by atoms with Gasteiger partial charge >= 0.3 is 6.09 Å². The van der Waals surface area contributed by atoms with Gasteiger partial charge in [0.1, 0.15) is 5.60 Å². The van der Waals surface area contributed by atoms with Crippen molar-refractivity contribution < 1.29 is 9.53 Å². The second-order valence-electron chi connectivity index (χ2n) is 5.79. The van der Waals surface area contributed by atoms with Crippen LogP contribution in [-0.2, 0) is 11.3 Å². The Morgan fingerprint density at radius 3 is 2.63 bits per heavy atom. The Morgan fingerprint density at radius 2 is 2.11 bits per heavy atom. The molecule has 0 aromatic carbocycles. The maximum absolute atomic E-state index is 11.7. The molecule has 0 bridgehead atoms. The highest BCUT2D eigenvalue weighted by Crippen LogP contribution is 2.10. The van der Waals surface area contributed by atoms with E-state index in [1.807, 2.05) is 39.2 Å². The van der Waals surface area contributed by atoms with E-state index in [2.05, 4.69) is 4.57 Å². The van der Waals surface area contributed by atoms with Crippen LogP contribution >= 0.6 is 0 Å². The first-order valence-corrected chi connectivity index (χ1v) is 6.63. The number of amides is 1. The molecule has 108 valence electrons. The number of hydrogen-bond donors (Lipinski definition) is 1. The number of nitrogens with two attached hydrogens (primary N) is 1. The molecule has 5 heteroatoms. The van der Waals surface area contributed by atoms with Gasteiger partial charge < -0.3 is 19.9 Å². The number of hydrogen-bond acceptors (Lipinski definition) is 3. The Hall–Kier alpha value is -1.65. The molecule has 1 rings (SSSR count). The fraction of sp³-hybridized carbons (Fsp3) is 0.643. The predicted octanol–water partition coefficient (Wildman–Crippen LogP) is 2.72. The molecule has 1 heterocycles. The maximum atomic E-state index is 11.7. The van der Waals surface area contributed by atoms with Crippen LogP contribution in [-0.4, -0.2) is 34.8 Å². The monoisotopic (exact) mass is 267 g/mol. The summed E-state index contributed by atoms with van der Waals surface area (Å²) >= 11 is 0. The number of aryl methyl sites for hydroxylation is 1. The van der Waals surface area contributed by atoms with Gasteiger partial charge in [0.15, 0.2) is 0 Å². The number of nitrogen functional groups attached to an aromatic ring is 1. The number of anilines is 1. The average molecular weight is 267 g/mol. The highest BCUT2D eigenvalue weighted by molar-refractivity contribution is 5.67. The molecular formula is C14H25N3O2. The highest BCUT2D eigenvalue weighted by Gasteiger charge is 2.18. The third-order valence-corrected chi connectivity index (χ3v) is 2.64. The van der Waals surface area contributed by atoms with Crippen LogP contribution in [0.2, 0.25) is 0 Å². The van der Waals surface area contributed by atoms with Gasteiger partial charge in [-0.15, -0.1) is 0 Å². The quantitative estimate of drug-likeness (QED) is 0.834. The number of rotatable bonds is 5. The van der Waals surface area contributed by atoms with Gasteiger partial charge in [-0.1, -0.05) is 0 Å². The van der Waals surface area contributed by atoms with Crippen LogP contribution in [0.4, 0.5) is 10.5 Å². The molecule has 0 unspecified atom stereocenters. The molecule has 2 N–H and O–H groups in total. The molecule has 1 aromatic rings. The van der Waals surface area contributed by atoms with E-state index in [-0.39, 0.29) is 6.09 Å². The standard InChI is InChI=1S/C14H25N3O2/c1-14(2,3)19-13(18)16(4)8-5-6-9-17-10-7-12(15)11-17/h7,10-11H,5-6,8-9,15H2,1-4H3. The number of aromatic nitrogens is 1. The lowest BCUT2D eigenvalue weighted by atomic mass is 10.2. The van der Waals surface area contributed by atoms with E-state index in [0.29, 0.717) is 6.54 Å². The van der Waals surface area contributed by atoms with Crippen molar-refractivity contribution in [3.05, 3.63) is 18.5 Å². The van der Waals surface area contributed by atoms with Crippen molar-refractivity contribution in [3.63, 3.8) is 0 Å². The van der Waals surface area contributed by atoms with E-state index in [9.17, 15) is 4.79 Å². The van der Waals surface area contributed by atoms with Crippen LogP contribution in [0.5, 0.6) is 0 Å². The first-order valence-electron chi connectivity index (χ1n) is 6.63. The lowest BCUT2D eigenvalue weighted by Crippen LogP contribution is -2.34.